The van der Waals surface area contributed by atoms with Crippen molar-refractivity contribution in [1.29, 1.82) is 0 Å². The normalized spacial score (nSPS) is 9.11. The molecule has 0 unspecified atom stereocenters. The van der Waals surface area contributed by atoms with Gasteiger partial charge in [0.2, 0.25) is 0 Å². The molecule has 1 aromatic carbocycles. The third-order valence-electron chi connectivity index (χ3n) is 2.40. The summed E-state index contributed by atoms with van der Waals surface area (Å²) in [6.45, 7) is 8.00. The van der Waals surface area contributed by atoms with Crippen LogP contribution < -0.4 is 0 Å². The molecule has 3 aromatic rings. The highest BCUT2D eigenvalue weighted by atomic mass is 14.6. The maximum atomic E-state index is 4.31. The zero-order valence-corrected chi connectivity index (χ0v) is 11.5. The Kier molecular flexibility index (Phi) is 5.78. The van der Waals surface area contributed by atoms with Crippen LogP contribution in [0.2, 0.25) is 0 Å². The molecule has 2 heteroatoms. The highest BCUT2D eigenvalue weighted by Crippen LogP contribution is 2.22. The van der Waals surface area contributed by atoms with Gasteiger partial charge in [0.05, 0.1) is 5.52 Å². The van der Waals surface area contributed by atoms with Crippen molar-refractivity contribution < 1.29 is 0 Å². The number of hydrogen-bond donors (Lipinski definition) is 0. The van der Waals surface area contributed by atoms with Crippen LogP contribution in [-0.4, -0.2) is 9.97 Å². The molecule has 0 N–H and O–H groups in total. The van der Waals surface area contributed by atoms with Crippen molar-refractivity contribution in [3.05, 3.63) is 48.9 Å². The summed E-state index contributed by atoms with van der Waals surface area (Å²) in [7, 11) is 0. The van der Waals surface area contributed by atoms with Crippen LogP contribution in [0.4, 0.5) is 0 Å². The number of rotatable bonds is 0. The summed E-state index contributed by atoms with van der Waals surface area (Å²) < 4.78 is 0. The fourth-order valence-electron chi connectivity index (χ4n) is 1.73. The Morgan fingerprint density at radius 3 is 2.33 bits per heavy atom. The van der Waals surface area contributed by atoms with Gasteiger partial charge in [0.1, 0.15) is 0 Å². The number of aromatic nitrogens is 2. The first kappa shape index (κ1) is 14.1. The maximum absolute atomic E-state index is 4.31. The Labute approximate surface area is 109 Å². The van der Waals surface area contributed by atoms with Gasteiger partial charge in [-0.1, -0.05) is 39.8 Å². The Balaban J connectivity index is 0.000000371. The molecule has 0 saturated carbocycles. The molecule has 0 atom stereocenters. The first-order valence-corrected chi connectivity index (χ1v) is 6.52. The van der Waals surface area contributed by atoms with Crippen LogP contribution in [0, 0.1) is 0 Å². The molecule has 94 valence electrons. The van der Waals surface area contributed by atoms with Crippen molar-refractivity contribution >= 4 is 21.7 Å². The topological polar surface area (TPSA) is 25.8 Å². The molecule has 2 aromatic heterocycles. The summed E-state index contributed by atoms with van der Waals surface area (Å²) in [5, 5.41) is 3.56. The molecule has 0 aliphatic rings. The summed E-state index contributed by atoms with van der Waals surface area (Å²) in [4.78, 5) is 8.41. The molecule has 0 spiro atoms. The van der Waals surface area contributed by atoms with Crippen molar-refractivity contribution in [2.75, 3.05) is 0 Å². The number of nitrogens with zero attached hydrogens (tertiary/aromatic N) is 2. The van der Waals surface area contributed by atoms with Crippen molar-refractivity contribution in [3.63, 3.8) is 0 Å². The van der Waals surface area contributed by atoms with Crippen molar-refractivity contribution in [2.24, 2.45) is 0 Å². The van der Waals surface area contributed by atoms with Crippen LogP contribution in [0.1, 0.15) is 27.7 Å². The molecule has 0 aliphatic carbocycles. The van der Waals surface area contributed by atoms with Gasteiger partial charge in [-0.25, -0.2) is 0 Å². The molecule has 0 bridgehead atoms. The van der Waals surface area contributed by atoms with E-state index in [4.69, 9.17) is 0 Å². The van der Waals surface area contributed by atoms with Crippen LogP contribution in [0.25, 0.3) is 21.7 Å². The van der Waals surface area contributed by atoms with Crippen LogP contribution >= 0.6 is 0 Å². The van der Waals surface area contributed by atoms with Gasteiger partial charge in [0.25, 0.3) is 0 Å². The molecular weight excluding hydrogens is 220 g/mol. The third kappa shape index (κ3) is 2.83. The predicted molar refractivity (Wildman–Crippen MR) is 79.7 cm³/mol. The lowest BCUT2D eigenvalue weighted by molar-refractivity contribution is 1.36. The van der Waals surface area contributed by atoms with E-state index in [1.165, 1.54) is 10.8 Å². The lowest BCUT2D eigenvalue weighted by Crippen LogP contribution is -1.80. The van der Waals surface area contributed by atoms with E-state index < -0.39 is 0 Å². The summed E-state index contributed by atoms with van der Waals surface area (Å²) in [5.74, 6) is 0. The van der Waals surface area contributed by atoms with Crippen molar-refractivity contribution in [3.8, 4) is 0 Å². The fraction of sp³-hybridized carbons (Fsp3) is 0.250. The minimum Gasteiger partial charge on any atom is -0.264 e. The molecule has 2 nitrogen and oxygen atoms in total. The van der Waals surface area contributed by atoms with Gasteiger partial charge in [-0.15, -0.1) is 0 Å². The van der Waals surface area contributed by atoms with Gasteiger partial charge >= 0.3 is 0 Å². The van der Waals surface area contributed by atoms with E-state index in [9.17, 15) is 0 Å². The second-order valence-corrected chi connectivity index (χ2v) is 3.23. The number of benzene rings is 1. The van der Waals surface area contributed by atoms with E-state index in [0.29, 0.717) is 0 Å². The van der Waals surface area contributed by atoms with Gasteiger partial charge in [-0.3, -0.25) is 9.97 Å². The van der Waals surface area contributed by atoms with Crippen molar-refractivity contribution in [2.45, 2.75) is 27.7 Å². The summed E-state index contributed by atoms with van der Waals surface area (Å²) >= 11 is 0. The van der Waals surface area contributed by atoms with E-state index >= 15 is 0 Å². The minimum atomic E-state index is 1.03. The molecular formula is C16H20N2. The van der Waals surface area contributed by atoms with E-state index in [2.05, 4.69) is 22.1 Å². The van der Waals surface area contributed by atoms with Crippen LogP contribution in [0.3, 0.4) is 0 Å². The summed E-state index contributed by atoms with van der Waals surface area (Å²) in [6, 6.07) is 10.2. The lowest BCUT2D eigenvalue weighted by atomic mass is 10.1. The standard InChI is InChI=1S/C12H8N2.2C2H6/c1-2-11-10-5-7-13-8-9(10)3-4-12(11)14-6-1;2*1-2/h1-8H;2*1-2H3. The predicted octanol–water partition coefficient (Wildman–Crippen LogP) is 4.84. The quantitative estimate of drug-likeness (QED) is 0.526. The van der Waals surface area contributed by atoms with E-state index in [1.807, 2.05) is 64.5 Å². The van der Waals surface area contributed by atoms with Gasteiger partial charge < -0.3 is 0 Å². The fourth-order valence-corrected chi connectivity index (χ4v) is 1.73. The van der Waals surface area contributed by atoms with Gasteiger partial charge in [-0.2, -0.15) is 0 Å². The lowest BCUT2D eigenvalue weighted by Gasteiger charge is -2.01. The van der Waals surface area contributed by atoms with Crippen LogP contribution in [0.15, 0.2) is 48.9 Å². The minimum absolute atomic E-state index is 1.03. The first-order chi connectivity index (χ1) is 8.95. The summed E-state index contributed by atoms with van der Waals surface area (Å²) in [6.07, 6.45) is 5.51. The van der Waals surface area contributed by atoms with Gasteiger partial charge in [0.15, 0.2) is 0 Å². The first-order valence-electron chi connectivity index (χ1n) is 6.52. The molecule has 2 heterocycles. The van der Waals surface area contributed by atoms with Crippen LogP contribution in [-0.2, 0) is 0 Å². The molecule has 0 amide bonds. The number of fused-ring (bicyclic) bond motifs is 3. The van der Waals surface area contributed by atoms with Crippen molar-refractivity contribution in [1.82, 2.24) is 9.97 Å². The number of pyridine rings is 2. The highest BCUT2D eigenvalue weighted by Gasteiger charge is 1.98. The smallest absolute Gasteiger partial charge is 0.0708 e. The Morgan fingerprint density at radius 1 is 0.778 bits per heavy atom. The highest BCUT2D eigenvalue weighted by molar-refractivity contribution is 6.05. The molecule has 0 fully saturated rings. The Hall–Kier alpha value is -1.96. The van der Waals surface area contributed by atoms with Crippen LogP contribution in [0.5, 0.6) is 0 Å². The average Bonchev–Trinajstić information content (AvgIpc) is 2.51. The zero-order valence-electron chi connectivity index (χ0n) is 11.5. The second kappa shape index (κ2) is 7.38. The largest absolute Gasteiger partial charge is 0.264 e. The Bertz CT molecular complexity index is 548. The maximum Gasteiger partial charge on any atom is 0.0708 e. The van der Waals surface area contributed by atoms with E-state index in [1.54, 1.807) is 0 Å². The third-order valence-corrected chi connectivity index (χ3v) is 2.40. The zero-order chi connectivity index (χ0) is 13.4. The second-order valence-electron chi connectivity index (χ2n) is 3.23. The average molecular weight is 240 g/mol. The SMILES string of the molecule is CC.CC.c1cnc2ccc3cnccc3c2c1. The molecule has 18 heavy (non-hydrogen) atoms. The van der Waals surface area contributed by atoms with E-state index in [-0.39, 0.29) is 0 Å². The van der Waals surface area contributed by atoms with Gasteiger partial charge in [-0.05, 0) is 23.6 Å². The van der Waals surface area contributed by atoms with E-state index in [0.717, 1.165) is 10.9 Å². The van der Waals surface area contributed by atoms with Gasteiger partial charge in [0, 0.05) is 29.4 Å². The molecule has 3 rings (SSSR count). The Morgan fingerprint density at radius 2 is 1.56 bits per heavy atom. The number of hydrogen-bond acceptors (Lipinski definition) is 2. The molecule has 0 saturated heterocycles. The summed E-state index contributed by atoms with van der Waals surface area (Å²) in [5.41, 5.74) is 1.03. The molecule has 0 aliphatic heterocycles. The molecule has 0 radical (unpaired) electrons. The monoisotopic (exact) mass is 240 g/mol.